The van der Waals surface area contributed by atoms with Crippen LogP contribution in [0.15, 0.2) is 51.7 Å². The molecule has 0 fully saturated rings. The van der Waals surface area contributed by atoms with Crippen LogP contribution in [0.2, 0.25) is 0 Å². The highest BCUT2D eigenvalue weighted by Gasteiger charge is 2.11. The molecule has 1 N–H and O–H groups in total. The number of ketones is 1. The van der Waals surface area contributed by atoms with Gasteiger partial charge in [0.2, 0.25) is 5.91 Å². The van der Waals surface area contributed by atoms with E-state index in [1.54, 1.807) is 43.3 Å². The van der Waals surface area contributed by atoms with Gasteiger partial charge in [0, 0.05) is 35.2 Å². The van der Waals surface area contributed by atoms with E-state index in [0.29, 0.717) is 28.1 Å². The molecule has 1 amide bonds. The standard InChI is InChI=1S/C21H19NO5/c1-12-13(2)21(25)27-20-10-17(8-9-18(12)20)26-11-19(24)15-4-6-16(7-5-15)22-14(3)23/h4-10H,11H2,1-3H3,(H,22,23). The number of rotatable bonds is 5. The average molecular weight is 365 g/mol. The van der Waals surface area contributed by atoms with Crippen molar-refractivity contribution in [1.29, 1.82) is 0 Å². The average Bonchev–Trinajstić information content (AvgIpc) is 2.64. The van der Waals surface area contributed by atoms with Crippen LogP contribution in [0.5, 0.6) is 5.75 Å². The molecular weight excluding hydrogens is 346 g/mol. The SMILES string of the molecule is CC(=O)Nc1ccc(C(=O)COc2ccc3c(C)c(C)c(=O)oc3c2)cc1. The van der Waals surface area contributed by atoms with Crippen LogP contribution in [-0.4, -0.2) is 18.3 Å². The Balaban J connectivity index is 1.72. The van der Waals surface area contributed by atoms with Crippen LogP contribution in [0.25, 0.3) is 11.0 Å². The summed E-state index contributed by atoms with van der Waals surface area (Å²) < 4.78 is 10.8. The topological polar surface area (TPSA) is 85.6 Å². The second-order valence-electron chi connectivity index (χ2n) is 6.27. The Hall–Kier alpha value is -3.41. The fourth-order valence-corrected chi connectivity index (χ4v) is 2.69. The Bertz CT molecular complexity index is 1080. The molecule has 6 nitrogen and oxygen atoms in total. The summed E-state index contributed by atoms with van der Waals surface area (Å²) in [5.74, 6) is 0.0638. The normalized spacial score (nSPS) is 10.6. The summed E-state index contributed by atoms with van der Waals surface area (Å²) in [5, 5.41) is 3.47. The minimum absolute atomic E-state index is 0.153. The second-order valence-corrected chi connectivity index (χ2v) is 6.27. The van der Waals surface area contributed by atoms with Gasteiger partial charge in [0.25, 0.3) is 0 Å². The van der Waals surface area contributed by atoms with Crippen molar-refractivity contribution in [2.75, 3.05) is 11.9 Å². The maximum absolute atomic E-state index is 12.3. The molecular formula is C21H19NO5. The molecule has 0 bridgehead atoms. The van der Waals surface area contributed by atoms with Crippen molar-refractivity contribution in [3.63, 3.8) is 0 Å². The molecule has 0 unspecified atom stereocenters. The molecule has 2 aromatic carbocycles. The van der Waals surface area contributed by atoms with Crippen LogP contribution in [0.3, 0.4) is 0 Å². The van der Waals surface area contributed by atoms with Gasteiger partial charge in [0.05, 0.1) is 0 Å². The van der Waals surface area contributed by atoms with Crippen molar-refractivity contribution in [2.45, 2.75) is 20.8 Å². The summed E-state index contributed by atoms with van der Waals surface area (Å²) in [4.78, 5) is 35.1. The van der Waals surface area contributed by atoms with Crippen molar-refractivity contribution in [3.05, 3.63) is 69.6 Å². The number of Topliss-reactive ketones (excluding diaryl/α,β-unsaturated/α-hetero) is 1. The number of amides is 1. The number of nitrogens with one attached hydrogen (secondary N) is 1. The van der Waals surface area contributed by atoms with E-state index >= 15 is 0 Å². The van der Waals surface area contributed by atoms with Crippen LogP contribution in [-0.2, 0) is 4.79 Å². The third-order valence-electron chi connectivity index (χ3n) is 4.33. The third kappa shape index (κ3) is 4.06. The molecule has 0 saturated heterocycles. The molecule has 0 spiro atoms. The Kier molecular flexibility index (Phi) is 5.07. The zero-order chi connectivity index (χ0) is 19.6. The highest BCUT2D eigenvalue weighted by molar-refractivity contribution is 5.98. The minimum Gasteiger partial charge on any atom is -0.485 e. The van der Waals surface area contributed by atoms with Gasteiger partial charge in [-0.3, -0.25) is 9.59 Å². The van der Waals surface area contributed by atoms with Crippen molar-refractivity contribution < 1.29 is 18.7 Å². The number of fused-ring (bicyclic) bond motifs is 1. The summed E-state index contributed by atoms with van der Waals surface area (Å²) >= 11 is 0. The lowest BCUT2D eigenvalue weighted by molar-refractivity contribution is -0.114. The van der Waals surface area contributed by atoms with Crippen molar-refractivity contribution in [2.24, 2.45) is 0 Å². The van der Waals surface area contributed by atoms with Crippen LogP contribution in [0.4, 0.5) is 5.69 Å². The molecule has 138 valence electrons. The Morgan fingerprint density at radius 2 is 1.74 bits per heavy atom. The third-order valence-corrected chi connectivity index (χ3v) is 4.33. The molecule has 0 aliphatic heterocycles. The van der Waals surface area contributed by atoms with Crippen LogP contribution >= 0.6 is 0 Å². The van der Waals surface area contributed by atoms with E-state index < -0.39 is 0 Å². The molecule has 0 radical (unpaired) electrons. The van der Waals surface area contributed by atoms with Crippen molar-refractivity contribution >= 4 is 28.3 Å². The highest BCUT2D eigenvalue weighted by Crippen LogP contribution is 2.24. The molecule has 0 atom stereocenters. The maximum atomic E-state index is 12.3. The summed E-state index contributed by atoms with van der Waals surface area (Å²) in [6.45, 7) is 4.85. The highest BCUT2D eigenvalue weighted by atomic mass is 16.5. The van der Waals surface area contributed by atoms with E-state index in [1.165, 1.54) is 6.92 Å². The van der Waals surface area contributed by atoms with Crippen LogP contribution in [0.1, 0.15) is 28.4 Å². The number of hydrogen-bond acceptors (Lipinski definition) is 5. The molecule has 1 heterocycles. The first-order chi connectivity index (χ1) is 12.8. The maximum Gasteiger partial charge on any atom is 0.339 e. The first kappa shape index (κ1) is 18.4. The molecule has 0 aliphatic carbocycles. The first-order valence-electron chi connectivity index (χ1n) is 8.43. The summed E-state index contributed by atoms with van der Waals surface area (Å²) in [5.41, 5.74) is 2.58. The predicted octanol–water partition coefficient (Wildman–Crippen LogP) is 3.63. The molecule has 6 heteroatoms. The Labute approximate surface area is 155 Å². The van der Waals surface area contributed by atoms with Gasteiger partial charge in [-0.1, -0.05) is 0 Å². The molecule has 3 rings (SSSR count). The number of anilines is 1. The summed E-state index contributed by atoms with van der Waals surface area (Å²) in [7, 11) is 0. The van der Waals surface area contributed by atoms with E-state index in [2.05, 4.69) is 5.32 Å². The number of hydrogen-bond donors (Lipinski definition) is 1. The van der Waals surface area contributed by atoms with Gasteiger partial charge in [0.15, 0.2) is 12.4 Å². The van der Waals surface area contributed by atoms with Crippen molar-refractivity contribution in [3.8, 4) is 5.75 Å². The van der Waals surface area contributed by atoms with E-state index in [9.17, 15) is 14.4 Å². The summed E-state index contributed by atoms with van der Waals surface area (Å²) in [6.07, 6.45) is 0. The number of benzene rings is 2. The van der Waals surface area contributed by atoms with Gasteiger partial charge in [-0.15, -0.1) is 0 Å². The Morgan fingerprint density at radius 1 is 1.04 bits per heavy atom. The Morgan fingerprint density at radius 3 is 2.41 bits per heavy atom. The largest absolute Gasteiger partial charge is 0.485 e. The van der Waals surface area contributed by atoms with Crippen LogP contribution in [0, 0.1) is 13.8 Å². The quantitative estimate of drug-likeness (QED) is 0.551. The van der Waals surface area contributed by atoms with E-state index in [4.69, 9.17) is 9.15 Å². The fourth-order valence-electron chi connectivity index (χ4n) is 2.69. The number of carbonyl (C=O) groups is 2. The molecule has 0 aliphatic rings. The number of aryl methyl sites for hydroxylation is 1. The fraction of sp³-hybridized carbons (Fsp3) is 0.190. The van der Waals surface area contributed by atoms with Gasteiger partial charge in [-0.2, -0.15) is 0 Å². The van der Waals surface area contributed by atoms with E-state index in [1.807, 2.05) is 13.0 Å². The van der Waals surface area contributed by atoms with Gasteiger partial charge in [-0.25, -0.2) is 4.79 Å². The number of ether oxygens (including phenoxy) is 1. The minimum atomic E-state index is -0.382. The van der Waals surface area contributed by atoms with Gasteiger partial charge in [-0.05, 0) is 55.8 Å². The first-order valence-corrected chi connectivity index (χ1v) is 8.43. The second kappa shape index (κ2) is 7.45. The van der Waals surface area contributed by atoms with Gasteiger partial charge < -0.3 is 14.5 Å². The predicted molar refractivity (Wildman–Crippen MR) is 103 cm³/mol. The van der Waals surface area contributed by atoms with E-state index in [-0.39, 0.29) is 23.9 Å². The smallest absolute Gasteiger partial charge is 0.339 e. The molecule has 0 saturated carbocycles. The van der Waals surface area contributed by atoms with Crippen LogP contribution < -0.4 is 15.7 Å². The van der Waals surface area contributed by atoms with Crippen molar-refractivity contribution in [1.82, 2.24) is 0 Å². The lowest BCUT2D eigenvalue weighted by Crippen LogP contribution is -2.12. The zero-order valence-corrected chi connectivity index (χ0v) is 15.3. The molecule has 3 aromatic rings. The zero-order valence-electron chi connectivity index (χ0n) is 15.3. The lowest BCUT2D eigenvalue weighted by Gasteiger charge is -2.09. The van der Waals surface area contributed by atoms with Gasteiger partial charge in [0.1, 0.15) is 11.3 Å². The molecule has 1 aromatic heterocycles. The van der Waals surface area contributed by atoms with E-state index in [0.717, 1.165) is 10.9 Å². The monoisotopic (exact) mass is 365 g/mol. The lowest BCUT2D eigenvalue weighted by atomic mass is 10.1. The van der Waals surface area contributed by atoms with Gasteiger partial charge >= 0.3 is 5.63 Å². The number of carbonyl (C=O) groups excluding carboxylic acids is 2. The molecule has 27 heavy (non-hydrogen) atoms. The summed E-state index contributed by atoms with van der Waals surface area (Å²) in [6, 6.07) is 11.7.